The van der Waals surface area contributed by atoms with Gasteiger partial charge in [0.2, 0.25) is 0 Å². The number of hydrogen-bond donors (Lipinski definition) is 1. The first-order valence-electron chi connectivity index (χ1n) is 2.85. The highest BCUT2D eigenvalue weighted by Crippen LogP contribution is 2.37. The van der Waals surface area contributed by atoms with E-state index in [1.165, 1.54) is 21.6 Å². The summed E-state index contributed by atoms with van der Waals surface area (Å²) in [6, 6.07) is 0. The van der Waals surface area contributed by atoms with Crippen molar-refractivity contribution in [3.05, 3.63) is 0 Å². The minimum absolute atomic E-state index is 0.580. The minimum Gasteiger partial charge on any atom is -0.285 e. The lowest BCUT2D eigenvalue weighted by atomic mass is 10.4. The van der Waals surface area contributed by atoms with Gasteiger partial charge < -0.3 is 0 Å². The molecule has 1 atom stereocenters. The van der Waals surface area contributed by atoms with Gasteiger partial charge in [-0.15, -0.1) is 0 Å². The van der Waals surface area contributed by atoms with Crippen LogP contribution < -0.4 is 0 Å². The Morgan fingerprint density at radius 3 is 2.50 bits per heavy atom. The Labute approximate surface area is 68.1 Å². The van der Waals surface area contributed by atoms with Crippen molar-refractivity contribution in [1.82, 2.24) is 0 Å². The molecule has 0 radical (unpaired) electrons. The molecule has 60 valence electrons. The molecule has 0 aromatic rings. The van der Waals surface area contributed by atoms with Crippen molar-refractivity contribution in [3.63, 3.8) is 0 Å². The van der Waals surface area contributed by atoms with Gasteiger partial charge in [-0.05, 0) is 12.8 Å². The Morgan fingerprint density at radius 1 is 1.50 bits per heavy atom. The summed E-state index contributed by atoms with van der Waals surface area (Å²) in [5.41, 5.74) is 0. The Balaban J connectivity index is 2.56. The third-order valence-corrected chi connectivity index (χ3v) is 6.11. The van der Waals surface area contributed by atoms with E-state index in [0.717, 1.165) is 12.2 Å². The normalized spacial score (nSPS) is 28.3. The summed E-state index contributed by atoms with van der Waals surface area (Å²) in [6.45, 7) is 0. The summed E-state index contributed by atoms with van der Waals surface area (Å²) >= 11 is 0. The topological polar surface area (TPSA) is 54.4 Å². The highest BCUT2D eigenvalue weighted by Gasteiger charge is 2.26. The van der Waals surface area contributed by atoms with E-state index in [2.05, 4.69) is 0 Å². The zero-order chi connectivity index (χ0) is 7.61. The van der Waals surface area contributed by atoms with Crippen molar-refractivity contribution in [1.29, 1.82) is 0 Å². The van der Waals surface area contributed by atoms with Crippen molar-refractivity contribution in [2.24, 2.45) is 0 Å². The lowest BCUT2D eigenvalue weighted by Gasteiger charge is -2.16. The summed E-state index contributed by atoms with van der Waals surface area (Å²) < 4.78 is 29.0. The highest BCUT2D eigenvalue weighted by atomic mass is 33.1. The molecule has 1 aliphatic heterocycles. The van der Waals surface area contributed by atoms with Crippen molar-refractivity contribution >= 4 is 31.7 Å². The van der Waals surface area contributed by atoms with E-state index in [0.29, 0.717) is 6.42 Å². The Morgan fingerprint density at radius 2 is 2.20 bits per heavy atom. The third kappa shape index (κ3) is 2.34. The zero-order valence-corrected chi connectivity index (χ0v) is 7.64. The van der Waals surface area contributed by atoms with Gasteiger partial charge in [0, 0.05) is 5.75 Å². The molecule has 0 aliphatic carbocycles. The first kappa shape index (κ1) is 8.70. The van der Waals surface area contributed by atoms with Gasteiger partial charge >= 0.3 is 0 Å². The van der Waals surface area contributed by atoms with Gasteiger partial charge in [-0.1, -0.05) is 21.6 Å². The second kappa shape index (κ2) is 3.34. The standard InChI is InChI=1S/C4H8O3S3/c5-10(6,7)4-2-1-3-8-9-4/h4H,1-3H2,(H,5,6,7). The van der Waals surface area contributed by atoms with Crippen LogP contribution >= 0.6 is 21.6 Å². The lowest BCUT2D eigenvalue weighted by molar-refractivity contribution is 0.477. The second-order valence-electron chi connectivity index (χ2n) is 2.00. The molecule has 0 bridgehead atoms. The van der Waals surface area contributed by atoms with Crippen LogP contribution in [-0.4, -0.2) is 23.3 Å². The van der Waals surface area contributed by atoms with Crippen LogP contribution in [0.25, 0.3) is 0 Å². The van der Waals surface area contributed by atoms with Crippen LogP contribution in [0, 0.1) is 0 Å². The smallest absolute Gasteiger partial charge is 0.278 e. The van der Waals surface area contributed by atoms with Crippen LogP contribution in [0.15, 0.2) is 0 Å². The van der Waals surface area contributed by atoms with Gasteiger partial charge in [-0.2, -0.15) is 8.42 Å². The maximum absolute atomic E-state index is 10.5. The SMILES string of the molecule is O=S(=O)(O)C1CCCSS1. The average Bonchev–Trinajstić information content (AvgIpc) is 1.88. The molecule has 1 saturated heterocycles. The van der Waals surface area contributed by atoms with Crippen molar-refractivity contribution < 1.29 is 13.0 Å². The fourth-order valence-corrected chi connectivity index (χ4v) is 5.12. The Hall–Kier alpha value is 0.610. The van der Waals surface area contributed by atoms with Crippen molar-refractivity contribution in [2.75, 3.05) is 5.75 Å². The van der Waals surface area contributed by atoms with Crippen LogP contribution in [0.5, 0.6) is 0 Å². The summed E-state index contributed by atoms with van der Waals surface area (Å²) in [5, 5.41) is 0. The Kier molecular flexibility index (Phi) is 2.91. The highest BCUT2D eigenvalue weighted by molar-refractivity contribution is 8.78. The second-order valence-corrected chi connectivity index (χ2v) is 6.59. The molecule has 10 heavy (non-hydrogen) atoms. The molecular weight excluding hydrogens is 192 g/mol. The fraction of sp³-hybridized carbons (Fsp3) is 1.00. The van der Waals surface area contributed by atoms with Gasteiger partial charge in [0.25, 0.3) is 10.1 Å². The predicted octanol–water partition coefficient (Wildman–Crippen LogP) is 1.38. The van der Waals surface area contributed by atoms with E-state index in [-0.39, 0.29) is 0 Å². The number of hydrogen-bond acceptors (Lipinski definition) is 4. The van der Waals surface area contributed by atoms with Crippen LogP contribution in [0.2, 0.25) is 0 Å². The molecule has 0 aromatic heterocycles. The quantitative estimate of drug-likeness (QED) is 0.512. The molecule has 1 rings (SSSR count). The summed E-state index contributed by atoms with van der Waals surface area (Å²) in [4.78, 5) is 0. The van der Waals surface area contributed by atoms with Crippen LogP contribution in [-0.2, 0) is 10.1 Å². The number of rotatable bonds is 1. The van der Waals surface area contributed by atoms with Gasteiger partial charge in [0.15, 0.2) is 0 Å². The van der Waals surface area contributed by atoms with Gasteiger partial charge in [0.1, 0.15) is 4.58 Å². The predicted molar refractivity (Wildman–Crippen MR) is 44.6 cm³/mol. The Bertz CT molecular complexity index is 192. The van der Waals surface area contributed by atoms with Crippen molar-refractivity contribution in [2.45, 2.75) is 17.4 Å². The molecule has 0 spiro atoms. The molecular formula is C4H8O3S3. The van der Waals surface area contributed by atoms with E-state index < -0.39 is 14.7 Å². The van der Waals surface area contributed by atoms with Gasteiger partial charge in [-0.3, -0.25) is 4.55 Å². The van der Waals surface area contributed by atoms with Crippen LogP contribution in [0.4, 0.5) is 0 Å². The average molecular weight is 200 g/mol. The fourth-order valence-electron chi connectivity index (χ4n) is 0.680. The van der Waals surface area contributed by atoms with Crippen LogP contribution in [0.1, 0.15) is 12.8 Å². The minimum atomic E-state index is -3.78. The summed E-state index contributed by atoms with van der Waals surface area (Å²) in [7, 11) is -1.03. The monoisotopic (exact) mass is 200 g/mol. The largest absolute Gasteiger partial charge is 0.285 e. The molecule has 1 fully saturated rings. The lowest BCUT2D eigenvalue weighted by Crippen LogP contribution is -2.18. The molecule has 3 nitrogen and oxygen atoms in total. The zero-order valence-electron chi connectivity index (χ0n) is 5.19. The summed E-state index contributed by atoms with van der Waals surface area (Å²) in [6.07, 6.45) is 1.46. The van der Waals surface area contributed by atoms with E-state index in [1.807, 2.05) is 0 Å². The molecule has 0 aromatic carbocycles. The molecule has 0 amide bonds. The molecule has 1 unspecified atom stereocenters. The van der Waals surface area contributed by atoms with E-state index in [4.69, 9.17) is 4.55 Å². The van der Waals surface area contributed by atoms with E-state index >= 15 is 0 Å². The van der Waals surface area contributed by atoms with Gasteiger partial charge in [-0.25, -0.2) is 0 Å². The van der Waals surface area contributed by atoms with Gasteiger partial charge in [0.05, 0.1) is 0 Å². The third-order valence-electron chi connectivity index (χ3n) is 1.18. The molecule has 1 N–H and O–H groups in total. The van der Waals surface area contributed by atoms with E-state index in [9.17, 15) is 8.42 Å². The first-order chi connectivity index (χ1) is 4.61. The molecule has 0 saturated carbocycles. The maximum atomic E-state index is 10.5. The molecule has 6 heteroatoms. The van der Waals surface area contributed by atoms with Crippen molar-refractivity contribution in [3.8, 4) is 0 Å². The molecule has 1 heterocycles. The maximum Gasteiger partial charge on any atom is 0.278 e. The summed E-state index contributed by atoms with van der Waals surface area (Å²) in [5.74, 6) is 0.983. The molecule has 1 aliphatic rings. The van der Waals surface area contributed by atoms with Crippen LogP contribution in [0.3, 0.4) is 0 Å². The first-order valence-corrected chi connectivity index (χ1v) is 6.74. The van der Waals surface area contributed by atoms with E-state index in [1.54, 1.807) is 0 Å².